The lowest BCUT2D eigenvalue weighted by Gasteiger charge is -2.09. The number of aryl methyl sites for hydroxylation is 2. The second-order valence-electron chi connectivity index (χ2n) is 5.38. The van der Waals surface area contributed by atoms with E-state index in [1.807, 2.05) is 49.5 Å². The zero-order valence-electron chi connectivity index (χ0n) is 13.1. The van der Waals surface area contributed by atoms with Crippen LogP contribution in [0.15, 0.2) is 53.1 Å². The van der Waals surface area contributed by atoms with Crippen molar-refractivity contribution in [2.24, 2.45) is 0 Å². The minimum Gasteiger partial charge on any atom is -0.346 e. The number of carbonyl (C=O) groups excluding carboxylic acids is 1. The molecule has 0 aliphatic carbocycles. The van der Waals surface area contributed by atoms with Gasteiger partial charge in [-0.1, -0.05) is 34.1 Å². The van der Waals surface area contributed by atoms with Crippen LogP contribution in [0.2, 0.25) is 0 Å². The van der Waals surface area contributed by atoms with Crippen molar-refractivity contribution in [2.45, 2.75) is 20.4 Å². The number of fused-ring (bicyclic) bond motifs is 1. The molecule has 0 spiro atoms. The molecule has 0 aliphatic rings. The SMILES string of the molecule is CCn1cc(NC(=O)Nc2ccc(Br)cc2C)c2ccccc21. The maximum atomic E-state index is 12.3. The first-order valence-electron chi connectivity index (χ1n) is 7.50. The van der Waals surface area contributed by atoms with Crippen LogP contribution in [0.1, 0.15) is 12.5 Å². The molecule has 3 rings (SSSR count). The molecular formula is C18H18BrN3O. The van der Waals surface area contributed by atoms with Crippen LogP contribution < -0.4 is 10.6 Å². The third kappa shape index (κ3) is 3.24. The first-order chi connectivity index (χ1) is 11.1. The van der Waals surface area contributed by atoms with Gasteiger partial charge >= 0.3 is 6.03 Å². The van der Waals surface area contributed by atoms with E-state index in [0.717, 1.165) is 38.9 Å². The van der Waals surface area contributed by atoms with Crippen molar-refractivity contribution >= 4 is 44.2 Å². The van der Waals surface area contributed by atoms with Gasteiger partial charge < -0.3 is 15.2 Å². The number of carbonyl (C=O) groups is 1. The highest BCUT2D eigenvalue weighted by molar-refractivity contribution is 9.10. The number of hydrogen-bond donors (Lipinski definition) is 2. The summed E-state index contributed by atoms with van der Waals surface area (Å²) in [5, 5.41) is 6.88. The van der Waals surface area contributed by atoms with Crippen LogP contribution in [-0.2, 0) is 6.54 Å². The van der Waals surface area contributed by atoms with Crippen LogP contribution in [0.5, 0.6) is 0 Å². The van der Waals surface area contributed by atoms with Gasteiger partial charge in [0.2, 0.25) is 0 Å². The number of halogens is 1. The molecule has 0 fully saturated rings. The van der Waals surface area contributed by atoms with Gasteiger partial charge in [0.05, 0.1) is 11.2 Å². The lowest BCUT2D eigenvalue weighted by Crippen LogP contribution is -2.19. The van der Waals surface area contributed by atoms with Crippen molar-refractivity contribution in [1.82, 2.24) is 4.57 Å². The lowest BCUT2D eigenvalue weighted by atomic mass is 10.2. The zero-order valence-corrected chi connectivity index (χ0v) is 14.6. The van der Waals surface area contributed by atoms with Gasteiger partial charge in [-0.2, -0.15) is 0 Å². The monoisotopic (exact) mass is 371 g/mol. The van der Waals surface area contributed by atoms with E-state index in [1.165, 1.54) is 0 Å². The van der Waals surface area contributed by atoms with Crippen LogP contribution in [0.3, 0.4) is 0 Å². The summed E-state index contributed by atoms with van der Waals surface area (Å²) in [7, 11) is 0. The van der Waals surface area contributed by atoms with E-state index in [9.17, 15) is 4.79 Å². The fourth-order valence-corrected chi connectivity index (χ4v) is 3.13. The number of hydrogen-bond acceptors (Lipinski definition) is 1. The van der Waals surface area contributed by atoms with Crippen molar-refractivity contribution in [2.75, 3.05) is 10.6 Å². The summed E-state index contributed by atoms with van der Waals surface area (Å²) in [5.41, 5.74) is 3.73. The van der Waals surface area contributed by atoms with Gasteiger partial charge in [0.25, 0.3) is 0 Å². The number of benzene rings is 2. The number of nitrogens with zero attached hydrogens (tertiary/aromatic N) is 1. The second-order valence-corrected chi connectivity index (χ2v) is 6.30. The Morgan fingerprint density at radius 3 is 2.61 bits per heavy atom. The standard InChI is InChI=1S/C18H18BrN3O/c1-3-22-11-16(14-6-4-5-7-17(14)22)21-18(23)20-15-9-8-13(19)10-12(15)2/h4-11H,3H2,1-2H3,(H2,20,21,23). The maximum absolute atomic E-state index is 12.3. The van der Waals surface area contributed by atoms with Gasteiger partial charge in [-0.15, -0.1) is 0 Å². The summed E-state index contributed by atoms with van der Waals surface area (Å²) in [5.74, 6) is 0. The summed E-state index contributed by atoms with van der Waals surface area (Å²) in [6.45, 7) is 4.90. The van der Waals surface area contributed by atoms with Gasteiger partial charge in [-0.25, -0.2) is 4.79 Å². The van der Waals surface area contributed by atoms with Crippen LogP contribution in [0, 0.1) is 6.92 Å². The van der Waals surface area contributed by atoms with Crippen LogP contribution in [0.25, 0.3) is 10.9 Å². The Kier molecular flexibility index (Phi) is 4.39. The van der Waals surface area contributed by atoms with E-state index in [1.54, 1.807) is 0 Å². The molecule has 0 radical (unpaired) electrons. The van der Waals surface area contributed by atoms with E-state index in [2.05, 4.69) is 44.1 Å². The highest BCUT2D eigenvalue weighted by Gasteiger charge is 2.11. The van der Waals surface area contributed by atoms with Crippen molar-refractivity contribution in [3.63, 3.8) is 0 Å². The Hall–Kier alpha value is -2.27. The summed E-state index contributed by atoms with van der Waals surface area (Å²) >= 11 is 3.42. The number of amides is 2. The van der Waals surface area contributed by atoms with Crippen molar-refractivity contribution < 1.29 is 4.79 Å². The minimum atomic E-state index is -0.241. The molecule has 5 heteroatoms. The number of nitrogens with one attached hydrogen (secondary N) is 2. The molecule has 1 heterocycles. The molecule has 0 unspecified atom stereocenters. The highest BCUT2D eigenvalue weighted by atomic mass is 79.9. The molecular weight excluding hydrogens is 354 g/mol. The third-order valence-electron chi connectivity index (χ3n) is 3.81. The Morgan fingerprint density at radius 1 is 1.13 bits per heavy atom. The molecule has 0 atom stereocenters. The predicted octanol–water partition coefficient (Wildman–Crippen LogP) is 5.38. The second kappa shape index (κ2) is 6.46. The molecule has 2 amide bonds. The topological polar surface area (TPSA) is 46.1 Å². The number of para-hydroxylation sites is 1. The van der Waals surface area contributed by atoms with Crippen LogP contribution in [-0.4, -0.2) is 10.6 Å². The largest absolute Gasteiger partial charge is 0.346 e. The average Bonchev–Trinajstić information content (AvgIpc) is 2.88. The molecule has 3 aromatic rings. The average molecular weight is 372 g/mol. The normalized spacial score (nSPS) is 10.7. The van der Waals surface area contributed by atoms with Gasteiger partial charge in [-0.3, -0.25) is 0 Å². The smallest absolute Gasteiger partial charge is 0.323 e. The minimum absolute atomic E-state index is 0.241. The van der Waals surface area contributed by atoms with Crippen molar-refractivity contribution in [3.05, 3.63) is 58.7 Å². The van der Waals surface area contributed by atoms with E-state index < -0.39 is 0 Å². The Labute approximate surface area is 143 Å². The molecule has 0 saturated heterocycles. The van der Waals surface area contributed by atoms with Crippen LogP contribution in [0.4, 0.5) is 16.2 Å². The number of rotatable bonds is 3. The Bertz CT molecular complexity index is 870. The molecule has 0 saturated carbocycles. The fourth-order valence-electron chi connectivity index (χ4n) is 2.65. The van der Waals surface area contributed by atoms with Crippen molar-refractivity contribution in [1.29, 1.82) is 0 Å². The predicted molar refractivity (Wildman–Crippen MR) is 99.1 cm³/mol. The molecule has 2 aromatic carbocycles. The van der Waals surface area contributed by atoms with Gasteiger partial charge in [0.1, 0.15) is 0 Å². The molecule has 0 aliphatic heterocycles. The molecule has 118 valence electrons. The van der Waals surface area contributed by atoms with Gasteiger partial charge in [-0.05, 0) is 43.7 Å². The van der Waals surface area contributed by atoms with E-state index >= 15 is 0 Å². The Morgan fingerprint density at radius 2 is 1.87 bits per heavy atom. The first kappa shape index (κ1) is 15.6. The zero-order chi connectivity index (χ0) is 16.4. The lowest BCUT2D eigenvalue weighted by molar-refractivity contribution is 0.262. The van der Waals surface area contributed by atoms with E-state index in [4.69, 9.17) is 0 Å². The highest BCUT2D eigenvalue weighted by Crippen LogP contribution is 2.26. The number of urea groups is 1. The summed E-state index contributed by atoms with van der Waals surface area (Å²) in [4.78, 5) is 12.3. The third-order valence-corrected chi connectivity index (χ3v) is 4.31. The molecule has 2 N–H and O–H groups in total. The molecule has 0 bridgehead atoms. The molecule has 23 heavy (non-hydrogen) atoms. The van der Waals surface area contributed by atoms with Gasteiger partial charge in [0, 0.05) is 28.3 Å². The summed E-state index contributed by atoms with van der Waals surface area (Å²) in [6, 6.07) is 13.6. The number of anilines is 2. The summed E-state index contributed by atoms with van der Waals surface area (Å²) in [6.07, 6.45) is 1.97. The maximum Gasteiger partial charge on any atom is 0.323 e. The van der Waals surface area contributed by atoms with Crippen LogP contribution >= 0.6 is 15.9 Å². The quantitative estimate of drug-likeness (QED) is 0.637. The fraction of sp³-hybridized carbons (Fsp3) is 0.167. The number of aromatic nitrogens is 1. The van der Waals surface area contributed by atoms with E-state index in [-0.39, 0.29) is 6.03 Å². The molecule has 4 nitrogen and oxygen atoms in total. The molecule has 1 aromatic heterocycles. The van der Waals surface area contributed by atoms with E-state index in [0.29, 0.717) is 0 Å². The van der Waals surface area contributed by atoms with Crippen molar-refractivity contribution in [3.8, 4) is 0 Å². The first-order valence-corrected chi connectivity index (χ1v) is 8.30. The van der Waals surface area contributed by atoms with Gasteiger partial charge in [0.15, 0.2) is 0 Å². The summed E-state index contributed by atoms with van der Waals surface area (Å²) < 4.78 is 3.11. The Balaban J connectivity index is 1.83.